The fourth-order valence-electron chi connectivity index (χ4n) is 2.84. The molecule has 0 radical (unpaired) electrons. The van der Waals surface area contributed by atoms with Crippen LogP contribution in [0.15, 0.2) is 42.7 Å². The Labute approximate surface area is 129 Å². The molecule has 1 saturated heterocycles. The highest BCUT2D eigenvalue weighted by atomic mass is 19.1. The van der Waals surface area contributed by atoms with E-state index >= 15 is 0 Å². The highest BCUT2D eigenvalue weighted by Crippen LogP contribution is 2.20. The van der Waals surface area contributed by atoms with Crippen LogP contribution in [-0.4, -0.2) is 36.1 Å². The molecular weight excluding hydrogens is 284 g/mol. The van der Waals surface area contributed by atoms with Gasteiger partial charge >= 0.3 is 0 Å². The average molecular weight is 303 g/mol. The van der Waals surface area contributed by atoms with Crippen molar-refractivity contribution in [2.24, 2.45) is 0 Å². The third-order valence-electron chi connectivity index (χ3n) is 4.00. The number of hydrogen-bond donors (Lipinski definition) is 0. The molecule has 1 aliphatic rings. The van der Waals surface area contributed by atoms with Crippen molar-refractivity contribution in [1.82, 2.24) is 9.88 Å². The van der Waals surface area contributed by atoms with Crippen LogP contribution in [0.25, 0.3) is 0 Å². The Morgan fingerprint density at radius 3 is 2.55 bits per heavy atom. The van der Waals surface area contributed by atoms with Crippen molar-refractivity contribution in [3.8, 4) is 0 Å². The zero-order valence-electron chi connectivity index (χ0n) is 12.4. The van der Waals surface area contributed by atoms with E-state index in [2.05, 4.69) is 14.8 Å². The third-order valence-corrected chi connectivity index (χ3v) is 4.00. The van der Waals surface area contributed by atoms with Crippen LogP contribution < -0.4 is 4.90 Å². The first-order chi connectivity index (χ1) is 10.7. The van der Waals surface area contributed by atoms with Gasteiger partial charge in [-0.3, -0.25) is 9.88 Å². The molecular formula is C17H19F2N3. The van der Waals surface area contributed by atoms with E-state index in [9.17, 15) is 8.78 Å². The summed E-state index contributed by atoms with van der Waals surface area (Å²) in [5.41, 5.74) is 1.73. The number of aromatic nitrogens is 1. The summed E-state index contributed by atoms with van der Waals surface area (Å²) in [7, 11) is 0. The molecule has 1 aliphatic heterocycles. The van der Waals surface area contributed by atoms with E-state index in [0.717, 1.165) is 44.7 Å². The topological polar surface area (TPSA) is 19.4 Å². The van der Waals surface area contributed by atoms with E-state index < -0.39 is 0 Å². The van der Waals surface area contributed by atoms with Gasteiger partial charge in [-0.2, -0.15) is 0 Å². The number of hydrogen-bond acceptors (Lipinski definition) is 3. The smallest absolute Gasteiger partial charge is 0.164 e. The highest BCUT2D eigenvalue weighted by molar-refractivity contribution is 5.46. The Kier molecular flexibility index (Phi) is 4.63. The fraction of sp³-hybridized carbons (Fsp3) is 0.353. The van der Waals surface area contributed by atoms with Gasteiger partial charge in [-0.25, -0.2) is 8.78 Å². The van der Waals surface area contributed by atoms with Crippen molar-refractivity contribution >= 4 is 5.69 Å². The molecule has 0 saturated carbocycles. The van der Waals surface area contributed by atoms with Crippen LogP contribution in [-0.2, 0) is 6.54 Å². The van der Waals surface area contributed by atoms with E-state index in [-0.39, 0.29) is 11.6 Å². The molecule has 0 amide bonds. The first-order valence-corrected chi connectivity index (χ1v) is 7.53. The predicted octanol–water partition coefficient (Wildman–Crippen LogP) is 3.07. The minimum absolute atomic E-state index is 0.209. The maximum Gasteiger partial charge on any atom is 0.164 e. The van der Waals surface area contributed by atoms with Gasteiger partial charge in [0.25, 0.3) is 0 Å². The normalized spacial score (nSPS) is 16.5. The largest absolute Gasteiger partial charge is 0.368 e. The van der Waals surface area contributed by atoms with Crippen LogP contribution in [0, 0.1) is 11.6 Å². The number of benzene rings is 1. The predicted molar refractivity (Wildman–Crippen MR) is 82.7 cm³/mol. The number of nitrogens with zero attached hydrogens (tertiary/aromatic N) is 3. The van der Waals surface area contributed by atoms with Crippen molar-refractivity contribution in [1.29, 1.82) is 0 Å². The van der Waals surface area contributed by atoms with Gasteiger partial charge in [-0.1, -0.05) is 12.1 Å². The minimum atomic E-state index is -0.269. The van der Waals surface area contributed by atoms with E-state index in [0.29, 0.717) is 5.69 Å². The summed E-state index contributed by atoms with van der Waals surface area (Å²) in [5.74, 6) is -0.478. The SMILES string of the molecule is Fc1ccc(CN2CCCN(c3ccncc3F)CC2)cc1. The molecule has 0 spiro atoms. The van der Waals surface area contributed by atoms with Crippen LogP contribution in [0.5, 0.6) is 0 Å². The summed E-state index contributed by atoms with van der Waals surface area (Å²) < 4.78 is 26.8. The number of anilines is 1. The summed E-state index contributed by atoms with van der Waals surface area (Å²) in [6, 6.07) is 8.35. The van der Waals surface area contributed by atoms with Gasteiger partial charge in [0.05, 0.1) is 11.9 Å². The quantitative estimate of drug-likeness (QED) is 0.868. The van der Waals surface area contributed by atoms with Gasteiger partial charge < -0.3 is 4.90 Å². The molecule has 0 atom stereocenters. The second kappa shape index (κ2) is 6.83. The molecule has 2 aromatic rings. The minimum Gasteiger partial charge on any atom is -0.368 e. The Bertz CT molecular complexity index is 616. The van der Waals surface area contributed by atoms with Gasteiger partial charge in [-0.15, -0.1) is 0 Å². The van der Waals surface area contributed by atoms with E-state index in [1.807, 2.05) is 12.1 Å². The standard InChI is InChI=1S/C17H19F2N3/c18-15-4-2-14(3-5-15)13-21-8-1-9-22(11-10-21)17-6-7-20-12-16(17)19/h2-7,12H,1,8-11,13H2. The number of rotatable bonds is 3. The lowest BCUT2D eigenvalue weighted by Gasteiger charge is -2.23. The first kappa shape index (κ1) is 14.9. The molecule has 5 heteroatoms. The lowest BCUT2D eigenvalue weighted by atomic mass is 10.2. The highest BCUT2D eigenvalue weighted by Gasteiger charge is 2.17. The van der Waals surface area contributed by atoms with Crippen LogP contribution >= 0.6 is 0 Å². The molecule has 3 nitrogen and oxygen atoms in total. The Hall–Kier alpha value is -2.01. The van der Waals surface area contributed by atoms with Crippen molar-refractivity contribution in [3.05, 3.63) is 59.9 Å². The molecule has 22 heavy (non-hydrogen) atoms. The molecule has 1 aromatic carbocycles. The summed E-state index contributed by atoms with van der Waals surface area (Å²) >= 11 is 0. The van der Waals surface area contributed by atoms with E-state index in [4.69, 9.17) is 0 Å². The van der Waals surface area contributed by atoms with Gasteiger partial charge in [0.1, 0.15) is 5.82 Å². The first-order valence-electron chi connectivity index (χ1n) is 7.53. The Morgan fingerprint density at radius 1 is 0.955 bits per heavy atom. The molecule has 0 aliphatic carbocycles. The van der Waals surface area contributed by atoms with Gasteiger partial charge in [-0.05, 0) is 30.2 Å². The zero-order chi connectivity index (χ0) is 15.4. The Morgan fingerprint density at radius 2 is 1.77 bits per heavy atom. The molecule has 1 aromatic heterocycles. The van der Waals surface area contributed by atoms with E-state index in [1.165, 1.54) is 18.3 Å². The second-order valence-corrected chi connectivity index (χ2v) is 5.57. The monoisotopic (exact) mass is 303 g/mol. The van der Waals surface area contributed by atoms with Crippen molar-refractivity contribution < 1.29 is 8.78 Å². The molecule has 0 N–H and O–H groups in total. The van der Waals surface area contributed by atoms with Gasteiger partial charge in [0.15, 0.2) is 5.82 Å². The number of pyridine rings is 1. The summed E-state index contributed by atoms with van der Waals surface area (Å²) in [6.45, 7) is 4.23. The molecule has 0 unspecified atom stereocenters. The van der Waals surface area contributed by atoms with E-state index in [1.54, 1.807) is 12.3 Å². The molecule has 2 heterocycles. The number of halogens is 2. The zero-order valence-corrected chi connectivity index (χ0v) is 12.4. The molecule has 0 bridgehead atoms. The van der Waals surface area contributed by atoms with Crippen LogP contribution in [0.3, 0.4) is 0 Å². The van der Waals surface area contributed by atoms with Crippen LogP contribution in [0.2, 0.25) is 0 Å². The second-order valence-electron chi connectivity index (χ2n) is 5.57. The van der Waals surface area contributed by atoms with Crippen molar-refractivity contribution in [2.75, 3.05) is 31.1 Å². The van der Waals surface area contributed by atoms with Gasteiger partial charge in [0.2, 0.25) is 0 Å². The third kappa shape index (κ3) is 3.60. The lowest BCUT2D eigenvalue weighted by molar-refractivity contribution is 0.285. The summed E-state index contributed by atoms with van der Waals surface area (Å²) in [4.78, 5) is 8.20. The summed E-state index contributed by atoms with van der Waals surface area (Å²) in [5, 5.41) is 0. The van der Waals surface area contributed by atoms with Gasteiger partial charge in [0, 0.05) is 38.9 Å². The molecule has 116 valence electrons. The fourth-order valence-corrected chi connectivity index (χ4v) is 2.84. The Balaban J connectivity index is 1.62. The lowest BCUT2D eigenvalue weighted by Crippen LogP contribution is -2.31. The van der Waals surface area contributed by atoms with Crippen LogP contribution in [0.1, 0.15) is 12.0 Å². The summed E-state index contributed by atoms with van der Waals surface area (Å²) in [6.07, 6.45) is 3.86. The van der Waals surface area contributed by atoms with Crippen molar-refractivity contribution in [3.63, 3.8) is 0 Å². The maximum absolute atomic E-state index is 13.8. The molecule has 1 fully saturated rings. The maximum atomic E-state index is 13.8. The van der Waals surface area contributed by atoms with Crippen molar-refractivity contribution in [2.45, 2.75) is 13.0 Å². The molecule has 3 rings (SSSR count). The van der Waals surface area contributed by atoms with Crippen LogP contribution in [0.4, 0.5) is 14.5 Å². The average Bonchev–Trinajstić information content (AvgIpc) is 2.76.